The van der Waals surface area contributed by atoms with Crippen LogP contribution in [0.3, 0.4) is 0 Å². The lowest BCUT2D eigenvalue weighted by Gasteiger charge is -2.10. The molecule has 5 nitrogen and oxygen atoms in total. The average Bonchev–Trinajstić information content (AvgIpc) is 2.60. The third-order valence-electron chi connectivity index (χ3n) is 3.22. The second kappa shape index (κ2) is 7.74. The molecule has 0 unspecified atom stereocenters. The molecular formula is C16H9BrCl3N3O2. The van der Waals surface area contributed by atoms with Gasteiger partial charge in [-0.2, -0.15) is 9.78 Å². The fraction of sp³-hybridized carbons (Fsp3) is 0.0625. The zero-order valence-electron chi connectivity index (χ0n) is 12.4. The summed E-state index contributed by atoms with van der Waals surface area (Å²) in [5.74, 6) is 0.186. The summed E-state index contributed by atoms with van der Waals surface area (Å²) in [5, 5.41) is 4.69. The van der Waals surface area contributed by atoms with Crippen molar-refractivity contribution in [2.45, 2.75) is 6.61 Å². The van der Waals surface area contributed by atoms with E-state index in [1.807, 2.05) is 6.07 Å². The van der Waals surface area contributed by atoms with Crippen LogP contribution in [0.4, 0.5) is 0 Å². The highest BCUT2D eigenvalue weighted by atomic mass is 79.9. The predicted molar refractivity (Wildman–Crippen MR) is 101 cm³/mol. The number of aromatic nitrogens is 3. The molecule has 2 heterocycles. The Morgan fingerprint density at radius 2 is 1.88 bits per heavy atom. The highest BCUT2D eigenvalue weighted by molar-refractivity contribution is 9.10. The Morgan fingerprint density at radius 3 is 2.56 bits per heavy atom. The minimum Gasteiger partial charge on any atom is -0.485 e. The fourth-order valence-electron chi connectivity index (χ4n) is 1.97. The summed E-state index contributed by atoms with van der Waals surface area (Å²) in [5.41, 5.74) is 0.754. The van der Waals surface area contributed by atoms with Crippen molar-refractivity contribution in [3.8, 4) is 11.4 Å². The molecule has 25 heavy (non-hydrogen) atoms. The number of rotatable bonds is 4. The van der Waals surface area contributed by atoms with Crippen molar-refractivity contribution < 1.29 is 4.74 Å². The van der Waals surface area contributed by atoms with E-state index >= 15 is 0 Å². The third kappa shape index (κ3) is 4.15. The number of halogens is 4. The molecule has 0 amide bonds. The summed E-state index contributed by atoms with van der Waals surface area (Å²) in [7, 11) is 0. The lowest BCUT2D eigenvalue weighted by molar-refractivity contribution is 0.303. The van der Waals surface area contributed by atoms with Crippen LogP contribution in [-0.2, 0) is 6.61 Å². The molecule has 0 saturated heterocycles. The number of nitrogens with zero attached hydrogens (tertiary/aromatic N) is 3. The van der Waals surface area contributed by atoms with Gasteiger partial charge < -0.3 is 4.74 Å². The van der Waals surface area contributed by atoms with Gasteiger partial charge in [0.05, 0.1) is 21.9 Å². The largest absolute Gasteiger partial charge is 0.485 e. The second-order valence-corrected chi connectivity index (χ2v) is 6.92. The first-order chi connectivity index (χ1) is 12.0. The number of pyridine rings is 1. The van der Waals surface area contributed by atoms with E-state index in [-0.39, 0.29) is 17.4 Å². The summed E-state index contributed by atoms with van der Waals surface area (Å²) < 4.78 is 7.41. The Morgan fingerprint density at radius 1 is 1.08 bits per heavy atom. The van der Waals surface area contributed by atoms with Crippen LogP contribution in [0.25, 0.3) is 5.69 Å². The van der Waals surface area contributed by atoms with Crippen molar-refractivity contribution in [2.75, 3.05) is 0 Å². The van der Waals surface area contributed by atoms with Crippen LogP contribution in [-0.4, -0.2) is 14.8 Å². The number of hydrogen-bond donors (Lipinski definition) is 0. The van der Waals surface area contributed by atoms with Gasteiger partial charge in [-0.3, -0.25) is 4.79 Å². The molecule has 3 aromatic rings. The monoisotopic (exact) mass is 459 g/mol. The Balaban J connectivity index is 1.86. The molecule has 0 fully saturated rings. The van der Waals surface area contributed by atoms with Crippen molar-refractivity contribution in [1.82, 2.24) is 14.8 Å². The number of ether oxygens (including phenoxy) is 1. The SMILES string of the molecule is O=c1c(Cl)c(OCc2ccc(Br)nc2)cnn1-c1ccc(Cl)c(Cl)c1. The van der Waals surface area contributed by atoms with Crippen molar-refractivity contribution in [2.24, 2.45) is 0 Å². The van der Waals surface area contributed by atoms with Crippen LogP contribution in [0.2, 0.25) is 15.1 Å². The molecule has 0 N–H and O–H groups in total. The van der Waals surface area contributed by atoms with Gasteiger partial charge in [-0.25, -0.2) is 4.98 Å². The zero-order chi connectivity index (χ0) is 18.0. The van der Waals surface area contributed by atoms with Gasteiger partial charge in [0.25, 0.3) is 5.56 Å². The third-order valence-corrected chi connectivity index (χ3v) is 4.77. The smallest absolute Gasteiger partial charge is 0.294 e. The van der Waals surface area contributed by atoms with E-state index in [1.165, 1.54) is 12.3 Å². The van der Waals surface area contributed by atoms with Gasteiger partial charge in [-0.05, 0) is 40.2 Å². The van der Waals surface area contributed by atoms with Crippen molar-refractivity contribution in [1.29, 1.82) is 0 Å². The van der Waals surface area contributed by atoms with Crippen LogP contribution in [0.1, 0.15) is 5.56 Å². The van der Waals surface area contributed by atoms with Gasteiger partial charge in [-0.15, -0.1) is 0 Å². The van der Waals surface area contributed by atoms with Crippen LogP contribution >= 0.6 is 50.7 Å². The van der Waals surface area contributed by atoms with E-state index in [2.05, 4.69) is 26.0 Å². The molecule has 2 aromatic heterocycles. The molecule has 0 bridgehead atoms. The summed E-state index contributed by atoms with van der Waals surface area (Å²) in [4.78, 5) is 16.5. The molecular weight excluding hydrogens is 452 g/mol. The Hall–Kier alpha value is -1.60. The van der Waals surface area contributed by atoms with Gasteiger partial charge in [0.1, 0.15) is 11.2 Å². The molecule has 0 saturated carbocycles. The Bertz CT molecular complexity index is 977. The van der Waals surface area contributed by atoms with Gasteiger partial charge in [0.2, 0.25) is 0 Å². The molecule has 128 valence electrons. The first-order valence-electron chi connectivity index (χ1n) is 6.92. The van der Waals surface area contributed by atoms with Gasteiger partial charge in [0, 0.05) is 11.8 Å². The molecule has 0 atom stereocenters. The fourth-order valence-corrected chi connectivity index (χ4v) is 2.68. The normalized spacial score (nSPS) is 10.7. The van der Waals surface area contributed by atoms with Crippen molar-refractivity contribution in [3.63, 3.8) is 0 Å². The summed E-state index contributed by atoms with van der Waals surface area (Å²) in [6, 6.07) is 8.36. The summed E-state index contributed by atoms with van der Waals surface area (Å²) in [6.07, 6.45) is 3.03. The minimum atomic E-state index is -0.522. The molecule has 3 rings (SSSR count). The summed E-state index contributed by atoms with van der Waals surface area (Å²) in [6.45, 7) is 0.206. The number of benzene rings is 1. The predicted octanol–water partition coefficient (Wildman–Crippen LogP) is 4.93. The van der Waals surface area contributed by atoms with E-state index in [0.29, 0.717) is 15.7 Å². The maximum Gasteiger partial charge on any atom is 0.294 e. The van der Waals surface area contributed by atoms with E-state index in [9.17, 15) is 4.79 Å². The van der Waals surface area contributed by atoms with Gasteiger partial charge in [-0.1, -0.05) is 40.9 Å². The zero-order valence-corrected chi connectivity index (χ0v) is 16.3. The van der Waals surface area contributed by atoms with E-state index in [4.69, 9.17) is 39.5 Å². The Labute approximate surface area is 166 Å². The molecule has 0 radical (unpaired) electrons. The topological polar surface area (TPSA) is 57.0 Å². The highest BCUT2D eigenvalue weighted by Crippen LogP contribution is 2.25. The van der Waals surface area contributed by atoms with Crippen LogP contribution in [0, 0.1) is 0 Å². The van der Waals surface area contributed by atoms with E-state index in [1.54, 1.807) is 24.4 Å². The van der Waals surface area contributed by atoms with Crippen LogP contribution < -0.4 is 10.3 Å². The van der Waals surface area contributed by atoms with Gasteiger partial charge >= 0.3 is 0 Å². The van der Waals surface area contributed by atoms with Crippen molar-refractivity contribution in [3.05, 3.63) is 78.3 Å². The Kier molecular flexibility index (Phi) is 5.64. The van der Waals surface area contributed by atoms with E-state index in [0.717, 1.165) is 14.8 Å². The molecule has 0 aliphatic carbocycles. The van der Waals surface area contributed by atoms with Crippen molar-refractivity contribution >= 4 is 50.7 Å². The molecule has 9 heteroatoms. The number of hydrogen-bond acceptors (Lipinski definition) is 4. The highest BCUT2D eigenvalue weighted by Gasteiger charge is 2.13. The average molecular weight is 462 g/mol. The second-order valence-electron chi connectivity index (χ2n) is 4.92. The standard InChI is InChI=1S/C16H9BrCl3N3O2/c17-14-4-1-9(6-21-14)8-25-13-7-22-23(16(24)15(13)20)10-2-3-11(18)12(19)5-10/h1-7H,8H2. The van der Waals surface area contributed by atoms with Crippen LogP contribution in [0.15, 0.2) is 52.1 Å². The summed E-state index contributed by atoms with van der Waals surface area (Å²) >= 11 is 21.2. The quantitative estimate of drug-likeness (QED) is 0.517. The minimum absolute atomic E-state index is 0.0776. The first-order valence-corrected chi connectivity index (χ1v) is 8.85. The maximum atomic E-state index is 12.4. The van der Waals surface area contributed by atoms with Gasteiger partial charge in [0.15, 0.2) is 10.8 Å². The van der Waals surface area contributed by atoms with E-state index < -0.39 is 5.56 Å². The lowest BCUT2D eigenvalue weighted by Crippen LogP contribution is -2.22. The molecule has 1 aromatic carbocycles. The lowest BCUT2D eigenvalue weighted by atomic mass is 10.3. The maximum absolute atomic E-state index is 12.4. The van der Waals surface area contributed by atoms with Crippen LogP contribution in [0.5, 0.6) is 5.75 Å². The molecule has 0 aliphatic heterocycles. The first kappa shape index (κ1) is 18.2. The molecule has 0 spiro atoms. The molecule has 0 aliphatic rings.